The Kier molecular flexibility index (Phi) is 11.5. The zero-order valence-electron chi connectivity index (χ0n) is 29.6. The van der Waals surface area contributed by atoms with E-state index in [-0.39, 0.29) is 44.9 Å². The number of fused-ring (bicyclic) bond motifs is 2. The van der Waals surface area contributed by atoms with Crippen molar-refractivity contribution >= 4 is 68.9 Å². The van der Waals surface area contributed by atoms with Crippen LogP contribution in [0, 0.1) is 11.8 Å². The molecule has 3 unspecified atom stereocenters. The highest BCUT2D eigenvalue weighted by Crippen LogP contribution is 2.40. The number of thioether (sulfide) groups is 2. The van der Waals surface area contributed by atoms with Crippen molar-refractivity contribution in [1.82, 2.24) is 10.6 Å². The van der Waals surface area contributed by atoms with Gasteiger partial charge in [-0.1, -0.05) is 60.7 Å². The van der Waals surface area contributed by atoms with Crippen LogP contribution in [0.1, 0.15) is 70.9 Å². The minimum atomic E-state index is -0.314. The maximum absolute atomic E-state index is 13.1. The van der Waals surface area contributed by atoms with Crippen LogP contribution in [0.3, 0.4) is 0 Å². The van der Waals surface area contributed by atoms with Crippen molar-refractivity contribution in [1.29, 1.82) is 0 Å². The second-order valence-corrected chi connectivity index (χ2v) is 17.5. The molecule has 0 aromatic heterocycles. The lowest BCUT2D eigenvalue weighted by atomic mass is 9.89. The van der Waals surface area contributed by atoms with Crippen molar-refractivity contribution in [3.8, 4) is 0 Å². The number of carbonyl (C=O) groups excluding carboxylic acids is 4. The van der Waals surface area contributed by atoms with Gasteiger partial charge in [-0.05, 0) is 87.8 Å². The molecule has 0 bridgehead atoms. The number of hydrogen-bond acceptors (Lipinski definition) is 9. The Labute approximate surface area is 308 Å². The number of allylic oxidation sites excluding steroid dienone is 1. The number of benzene rings is 2. The van der Waals surface area contributed by atoms with Crippen molar-refractivity contribution < 1.29 is 23.9 Å². The second kappa shape index (κ2) is 16.0. The van der Waals surface area contributed by atoms with Gasteiger partial charge in [0.15, 0.2) is 5.12 Å². The van der Waals surface area contributed by atoms with E-state index in [2.05, 4.69) is 42.0 Å². The molecule has 3 atom stereocenters. The van der Waals surface area contributed by atoms with Gasteiger partial charge in [-0.25, -0.2) is 0 Å². The third-order valence-electron chi connectivity index (χ3n) is 9.74. The molecule has 0 radical (unpaired) electrons. The van der Waals surface area contributed by atoms with Gasteiger partial charge >= 0.3 is 5.97 Å². The second-order valence-electron chi connectivity index (χ2n) is 13.9. The molecule has 2 aromatic rings. The van der Waals surface area contributed by atoms with Gasteiger partial charge in [0, 0.05) is 59.1 Å². The summed E-state index contributed by atoms with van der Waals surface area (Å²) in [5.74, 6) is 0.704. The predicted octanol–water partition coefficient (Wildman–Crippen LogP) is 7.27. The molecule has 51 heavy (non-hydrogen) atoms. The fourth-order valence-electron chi connectivity index (χ4n) is 7.01. The summed E-state index contributed by atoms with van der Waals surface area (Å²) in [6.07, 6.45) is 8.57. The first-order valence-corrected chi connectivity index (χ1v) is 19.5. The number of rotatable bonds is 14. The maximum Gasteiger partial charge on any atom is 0.305 e. The van der Waals surface area contributed by atoms with Crippen LogP contribution in [0.15, 0.2) is 83.7 Å². The van der Waals surface area contributed by atoms with Crippen LogP contribution in [0.25, 0.3) is 11.1 Å². The van der Waals surface area contributed by atoms with E-state index in [4.69, 9.17) is 4.74 Å². The highest BCUT2D eigenvalue weighted by Gasteiger charge is 2.31. The number of carbonyl (C=O) groups is 4. The SMILES string of the molecule is CC1=CNC(/C=C2\C(=O)Nc3ccccc32)C1CCC(=O)OCCCSC(C)(C)SC(=O)CCC1=C(/C=C2\C(=O)Nc3ccccc32)NCC1C. The molecule has 2 aromatic carbocycles. The van der Waals surface area contributed by atoms with Gasteiger partial charge in [0.1, 0.15) is 0 Å². The summed E-state index contributed by atoms with van der Waals surface area (Å²) in [7, 11) is 0. The van der Waals surface area contributed by atoms with Gasteiger partial charge in [-0.3, -0.25) is 19.2 Å². The van der Waals surface area contributed by atoms with E-state index < -0.39 is 0 Å². The third kappa shape index (κ3) is 8.81. The smallest absolute Gasteiger partial charge is 0.305 e. The first-order valence-electron chi connectivity index (χ1n) is 17.6. The Bertz CT molecular complexity index is 1840. The van der Waals surface area contributed by atoms with E-state index in [9.17, 15) is 19.2 Å². The van der Waals surface area contributed by atoms with Crippen molar-refractivity contribution in [3.63, 3.8) is 0 Å². The molecule has 6 rings (SSSR count). The molecule has 0 spiro atoms. The maximum atomic E-state index is 13.1. The largest absolute Gasteiger partial charge is 0.466 e. The Morgan fingerprint density at radius 3 is 2.35 bits per heavy atom. The zero-order chi connectivity index (χ0) is 36.1. The molecule has 4 heterocycles. The zero-order valence-corrected chi connectivity index (χ0v) is 31.2. The molecule has 2 amide bonds. The molecule has 0 saturated carbocycles. The number of nitrogens with one attached hydrogen (secondary N) is 4. The standard InChI is InChI=1S/C40H46N4O5S2/c1-24-22-41-34(20-30-28-10-5-7-12-32(28)43-38(30)47)26(24)14-16-36(45)49-18-9-19-50-40(3,4)51-37(46)17-15-27-25(2)23-42-35(27)21-31-29-11-6-8-13-33(29)44-39(31)48/h5-8,10-13,20-22,25-26,34,41-42H,9,14-19,23H2,1-4H3,(H,43,47)(H,44,48)/b30-20-,31-21-. The van der Waals surface area contributed by atoms with Crippen LogP contribution in [0.2, 0.25) is 0 Å². The molecule has 0 saturated heterocycles. The molecule has 268 valence electrons. The fraction of sp³-hybridized carbons (Fsp3) is 0.400. The minimum absolute atomic E-state index is 0.0730. The van der Waals surface area contributed by atoms with Crippen LogP contribution >= 0.6 is 23.5 Å². The van der Waals surface area contributed by atoms with Gasteiger partial charge in [0.2, 0.25) is 0 Å². The topological polar surface area (TPSA) is 126 Å². The number of esters is 1. The summed E-state index contributed by atoms with van der Waals surface area (Å²) in [6.45, 7) is 9.43. The highest BCUT2D eigenvalue weighted by atomic mass is 32.2. The lowest BCUT2D eigenvalue weighted by Crippen LogP contribution is -2.27. The summed E-state index contributed by atoms with van der Waals surface area (Å²) in [6, 6.07) is 15.3. The summed E-state index contributed by atoms with van der Waals surface area (Å²) < 4.78 is 5.25. The van der Waals surface area contributed by atoms with Gasteiger partial charge in [-0.2, -0.15) is 0 Å². The Hall–Kier alpha value is -4.22. The quantitative estimate of drug-likeness (QED) is 0.0689. The molecular formula is C40H46N4O5S2. The number of hydrogen-bond donors (Lipinski definition) is 4. The first kappa shape index (κ1) is 36.6. The van der Waals surface area contributed by atoms with Crippen molar-refractivity contribution in [2.45, 2.75) is 69.9 Å². The molecule has 0 aliphatic carbocycles. The molecule has 11 heteroatoms. The van der Waals surface area contributed by atoms with Crippen LogP contribution in [-0.2, 0) is 23.9 Å². The van der Waals surface area contributed by atoms with E-state index >= 15 is 0 Å². The molecule has 4 aliphatic heterocycles. The van der Waals surface area contributed by atoms with Crippen molar-refractivity contribution in [2.75, 3.05) is 29.5 Å². The highest BCUT2D eigenvalue weighted by molar-refractivity contribution is 8.25. The fourth-order valence-corrected chi connectivity index (χ4v) is 9.28. The van der Waals surface area contributed by atoms with Gasteiger partial charge in [0.25, 0.3) is 11.8 Å². The number of anilines is 2. The van der Waals surface area contributed by atoms with E-state index in [0.717, 1.165) is 46.1 Å². The average Bonchev–Trinajstić information content (AvgIpc) is 3.82. The van der Waals surface area contributed by atoms with Gasteiger partial charge < -0.3 is 26.0 Å². The van der Waals surface area contributed by atoms with Crippen molar-refractivity contribution in [2.24, 2.45) is 11.8 Å². The molecule has 4 N–H and O–H groups in total. The molecule has 0 fully saturated rings. The summed E-state index contributed by atoms with van der Waals surface area (Å²) in [5.41, 5.74) is 8.01. The number of para-hydroxylation sites is 2. The van der Waals surface area contributed by atoms with Gasteiger partial charge in [0.05, 0.1) is 22.3 Å². The summed E-state index contributed by atoms with van der Waals surface area (Å²) >= 11 is 3.05. The Morgan fingerprint density at radius 1 is 0.961 bits per heavy atom. The molecule has 9 nitrogen and oxygen atoms in total. The predicted molar refractivity (Wildman–Crippen MR) is 208 cm³/mol. The van der Waals surface area contributed by atoms with Crippen molar-refractivity contribution in [3.05, 3.63) is 94.9 Å². The number of ether oxygens (including phenoxy) is 1. The lowest BCUT2D eigenvalue weighted by Gasteiger charge is -2.22. The Morgan fingerprint density at radius 2 is 1.63 bits per heavy atom. The normalized spacial score (nSPS) is 22.4. The number of amides is 2. The van der Waals surface area contributed by atoms with Gasteiger partial charge in [-0.15, -0.1) is 11.8 Å². The van der Waals surface area contributed by atoms with E-state index in [1.54, 1.807) is 11.8 Å². The van der Waals surface area contributed by atoms with Crippen LogP contribution in [0.4, 0.5) is 11.4 Å². The average molecular weight is 727 g/mol. The Balaban J connectivity index is 0.907. The van der Waals surface area contributed by atoms with E-state index in [1.165, 1.54) is 17.3 Å². The summed E-state index contributed by atoms with van der Waals surface area (Å²) in [4.78, 5) is 51.0. The third-order valence-corrected chi connectivity index (χ3v) is 12.5. The minimum Gasteiger partial charge on any atom is -0.466 e. The van der Waals surface area contributed by atoms with Crippen LogP contribution in [0.5, 0.6) is 0 Å². The molecule has 4 aliphatic rings. The first-order chi connectivity index (χ1) is 24.5. The van der Waals surface area contributed by atoms with Crippen LogP contribution < -0.4 is 21.3 Å². The molecular weight excluding hydrogens is 681 g/mol. The van der Waals surface area contributed by atoms with E-state index in [0.29, 0.717) is 49.9 Å². The van der Waals surface area contributed by atoms with Crippen LogP contribution in [-0.4, -0.2) is 51.9 Å². The summed E-state index contributed by atoms with van der Waals surface area (Å²) in [5, 5.41) is 12.8. The van der Waals surface area contributed by atoms with E-state index in [1.807, 2.05) is 73.8 Å². The monoisotopic (exact) mass is 726 g/mol. The lowest BCUT2D eigenvalue weighted by molar-refractivity contribution is -0.144.